The molecular formula is C26H26FN9. The molecule has 1 aliphatic rings. The van der Waals surface area contributed by atoms with Crippen molar-refractivity contribution in [2.75, 3.05) is 41.3 Å². The van der Waals surface area contributed by atoms with Gasteiger partial charge in [-0.1, -0.05) is 0 Å². The largest absolute Gasteiger partial charge is 0.363 e. The van der Waals surface area contributed by atoms with Crippen LogP contribution in [0.15, 0.2) is 61.3 Å². The summed E-state index contributed by atoms with van der Waals surface area (Å²) in [6, 6.07) is 9.12. The first-order valence-electron chi connectivity index (χ1n) is 12.0. The molecule has 5 heterocycles. The van der Waals surface area contributed by atoms with E-state index in [2.05, 4.69) is 48.2 Å². The zero-order chi connectivity index (χ0) is 24.6. The number of hydrogen-bond donors (Lipinski definition) is 1. The van der Waals surface area contributed by atoms with Crippen LogP contribution in [0.4, 0.5) is 21.8 Å². The molecule has 36 heavy (non-hydrogen) atoms. The van der Waals surface area contributed by atoms with Crippen LogP contribution in [0.5, 0.6) is 0 Å². The molecule has 1 saturated heterocycles. The summed E-state index contributed by atoms with van der Waals surface area (Å²) in [5, 5.41) is 8.89. The van der Waals surface area contributed by atoms with Crippen LogP contribution in [0.1, 0.15) is 24.1 Å². The number of rotatable bonds is 5. The average molecular weight is 484 g/mol. The first-order chi connectivity index (χ1) is 17.6. The van der Waals surface area contributed by atoms with Crippen molar-refractivity contribution in [3.63, 3.8) is 0 Å². The maximum atomic E-state index is 14.4. The van der Waals surface area contributed by atoms with E-state index in [1.165, 1.54) is 6.07 Å². The first-order valence-corrected chi connectivity index (χ1v) is 12.0. The lowest BCUT2D eigenvalue weighted by atomic mass is 10.0. The molecule has 1 fully saturated rings. The molecule has 0 spiro atoms. The summed E-state index contributed by atoms with van der Waals surface area (Å²) in [7, 11) is 0. The number of nitrogens with zero attached hydrogens (tertiary/aromatic N) is 8. The Balaban J connectivity index is 1.36. The van der Waals surface area contributed by atoms with Gasteiger partial charge in [0.05, 0.1) is 24.0 Å². The highest BCUT2D eigenvalue weighted by Gasteiger charge is 2.25. The molecule has 9 nitrogen and oxygen atoms in total. The second-order valence-corrected chi connectivity index (χ2v) is 8.98. The van der Waals surface area contributed by atoms with Crippen LogP contribution in [-0.4, -0.2) is 55.7 Å². The molecule has 0 aliphatic carbocycles. The number of halogens is 1. The van der Waals surface area contributed by atoms with Gasteiger partial charge >= 0.3 is 0 Å². The second kappa shape index (κ2) is 9.03. The third kappa shape index (κ3) is 3.94. The summed E-state index contributed by atoms with van der Waals surface area (Å²) in [4.78, 5) is 22.5. The highest BCUT2D eigenvalue weighted by molar-refractivity contribution is 5.85. The Morgan fingerprint density at radius 3 is 2.58 bits per heavy atom. The Labute approximate surface area is 207 Å². The van der Waals surface area contributed by atoms with Gasteiger partial charge in [-0.05, 0) is 38.1 Å². The molecule has 0 saturated carbocycles. The number of piperazine rings is 1. The van der Waals surface area contributed by atoms with E-state index in [0.29, 0.717) is 11.1 Å². The third-order valence-corrected chi connectivity index (χ3v) is 6.76. The molecule has 0 radical (unpaired) electrons. The van der Waals surface area contributed by atoms with E-state index in [1.54, 1.807) is 48.5 Å². The summed E-state index contributed by atoms with van der Waals surface area (Å²) < 4.78 is 16.2. The molecule has 1 aromatic carbocycles. The van der Waals surface area contributed by atoms with Crippen molar-refractivity contribution in [1.29, 1.82) is 0 Å². The van der Waals surface area contributed by atoms with Crippen LogP contribution in [0.2, 0.25) is 0 Å². The second-order valence-electron chi connectivity index (χ2n) is 8.98. The molecule has 10 heteroatoms. The lowest BCUT2D eigenvalue weighted by Gasteiger charge is -2.37. The van der Waals surface area contributed by atoms with Crippen molar-refractivity contribution in [2.24, 2.45) is 0 Å². The highest BCUT2D eigenvalue weighted by Crippen LogP contribution is 2.33. The SMILES string of the molecule is Cc1c(F)ccc2cc(C(C)Nc3ccnc4ccnn34)c(N3CCN(c4cnccn4)CC3)nc12. The molecule has 0 amide bonds. The third-order valence-electron chi connectivity index (χ3n) is 6.76. The van der Waals surface area contributed by atoms with E-state index in [4.69, 9.17) is 4.98 Å². The smallest absolute Gasteiger partial charge is 0.157 e. The molecule has 1 atom stereocenters. The lowest BCUT2D eigenvalue weighted by molar-refractivity contribution is 0.620. The van der Waals surface area contributed by atoms with Crippen LogP contribution in [0.3, 0.4) is 0 Å². The lowest BCUT2D eigenvalue weighted by Crippen LogP contribution is -2.47. The molecule has 5 aromatic rings. The van der Waals surface area contributed by atoms with E-state index in [0.717, 1.165) is 60.2 Å². The summed E-state index contributed by atoms with van der Waals surface area (Å²) in [6.07, 6.45) is 8.68. The van der Waals surface area contributed by atoms with Crippen LogP contribution < -0.4 is 15.1 Å². The Hall–Kier alpha value is -4.34. The monoisotopic (exact) mass is 483 g/mol. The van der Waals surface area contributed by atoms with Gasteiger partial charge in [0.1, 0.15) is 23.3 Å². The number of fused-ring (bicyclic) bond motifs is 2. The van der Waals surface area contributed by atoms with Crippen molar-refractivity contribution in [3.8, 4) is 0 Å². The minimum absolute atomic E-state index is 0.0879. The van der Waals surface area contributed by atoms with Crippen molar-refractivity contribution < 1.29 is 4.39 Å². The predicted molar refractivity (Wildman–Crippen MR) is 138 cm³/mol. The standard InChI is InChI=1S/C26H26FN9/c1-17-21(27)4-3-19-15-20(18(2)32-23-5-7-29-22-6-8-31-36(22)23)26(33-25(17)19)35-13-11-34(12-14-35)24-16-28-9-10-30-24/h3-10,15-16,18,32H,11-14H2,1-2H3. The molecule has 182 valence electrons. The van der Waals surface area contributed by atoms with Gasteiger partial charge in [0.15, 0.2) is 5.65 Å². The van der Waals surface area contributed by atoms with Crippen molar-refractivity contribution in [3.05, 3.63) is 78.3 Å². The van der Waals surface area contributed by atoms with Crippen molar-refractivity contribution >= 4 is 34.0 Å². The summed E-state index contributed by atoms with van der Waals surface area (Å²) in [5.74, 6) is 2.33. The Bertz CT molecular complexity index is 1530. The zero-order valence-electron chi connectivity index (χ0n) is 20.1. The van der Waals surface area contributed by atoms with Crippen LogP contribution in [-0.2, 0) is 0 Å². The van der Waals surface area contributed by atoms with E-state index in [-0.39, 0.29) is 11.9 Å². The normalized spacial score (nSPS) is 15.0. The number of benzene rings is 1. The van der Waals surface area contributed by atoms with Gasteiger partial charge in [0.25, 0.3) is 0 Å². The number of hydrogen-bond acceptors (Lipinski definition) is 8. The van der Waals surface area contributed by atoms with Gasteiger partial charge in [-0.2, -0.15) is 9.61 Å². The van der Waals surface area contributed by atoms with Crippen LogP contribution >= 0.6 is 0 Å². The van der Waals surface area contributed by atoms with E-state index in [9.17, 15) is 4.39 Å². The molecule has 6 rings (SSSR count). The Morgan fingerprint density at radius 2 is 1.78 bits per heavy atom. The summed E-state index contributed by atoms with van der Waals surface area (Å²) in [5.41, 5.74) is 3.07. The first kappa shape index (κ1) is 22.1. The van der Waals surface area contributed by atoms with Gasteiger partial charge in [-0.3, -0.25) is 4.98 Å². The Morgan fingerprint density at radius 1 is 0.944 bits per heavy atom. The van der Waals surface area contributed by atoms with E-state index < -0.39 is 0 Å². The number of anilines is 3. The molecular weight excluding hydrogens is 457 g/mol. The van der Waals surface area contributed by atoms with Gasteiger partial charge < -0.3 is 15.1 Å². The van der Waals surface area contributed by atoms with E-state index in [1.807, 2.05) is 12.1 Å². The van der Waals surface area contributed by atoms with Gasteiger partial charge in [0.2, 0.25) is 0 Å². The molecule has 0 bridgehead atoms. The van der Waals surface area contributed by atoms with Gasteiger partial charge in [-0.25, -0.2) is 19.3 Å². The van der Waals surface area contributed by atoms with Gasteiger partial charge in [-0.15, -0.1) is 0 Å². The minimum Gasteiger partial charge on any atom is -0.363 e. The number of pyridine rings is 1. The maximum Gasteiger partial charge on any atom is 0.157 e. The number of nitrogens with one attached hydrogen (secondary N) is 1. The average Bonchev–Trinajstić information content (AvgIpc) is 3.41. The van der Waals surface area contributed by atoms with Gasteiger partial charge in [0, 0.05) is 67.3 Å². The fourth-order valence-corrected chi connectivity index (χ4v) is 4.78. The molecule has 1 unspecified atom stereocenters. The highest BCUT2D eigenvalue weighted by atomic mass is 19.1. The maximum absolute atomic E-state index is 14.4. The summed E-state index contributed by atoms with van der Waals surface area (Å²) >= 11 is 0. The van der Waals surface area contributed by atoms with Crippen LogP contribution in [0.25, 0.3) is 16.6 Å². The summed E-state index contributed by atoms with van der Waals surface area (Å²) in [6.45, 7) is 7.01. The fourth-order valence-electron chi connectivity index (χ4n) is 4.78. The van der Waals surface area contributed by atoms with Crippen molar-refractivity contribution in [1.82, 2.24) is 29.5 Å². The number of aromatic nitrogens is 6. The van der Waals surface area contributed by atoms with Crippen LogP contribution in [0, 0.1) is 12.7 Å². The van der Waals surface area contributed by atoms with E-state index >= 15 is 0 Å². The molecule has 1 N–H and O–H groups in total. The quantitative estimate of drug-likeness (QED) is 0.401. The predicted octanol–water partition coefficient (Wildman–Crippen LogP) is 4.01. The topological polar surface area (TPSA) is 87.4 Å². The van der Waals surface area contributed by atoms with Crippen molar-refractivity contribution in [2.45, 2.75) is 19.9 Å². The molecule has 4 aromatic heterocycles. The fraction of sp³-hybridized carbons (Fsp3) is 0.269. The Kier molecular flexibility index (Phi) is 5.55. The zero-order valence-corrected chi connectivity index (χ0v) is 20.1. The molecule has 1 aliphatic heterocycles. The minimum atomic E-state index is -0.245. The number of aryl methyl sites for hydroxylation is 1.